The second-order valence-electron chi connectivity index (χ2n) is 8.79. The van der Waals surface area contributed by atoms with Crippen LogP contribution in [0.25, 0.3) is 0 Å². The molecule has 1 N–H and O–H groups in total. The van der Waals surface area contributed by atoms with Gasteiger partial charge in [-0.3, -0.25) is 14.9 Å². The molecule has 0 aliphatic heterocycles. The van der Waals surface area contributed by atoms with Crippen molar-refractivity contribution in [3.8, 4) is 0 Å². The Balaban J connectivity index is 1.88. The van der Waals surface area contributed by atoms with Crippen molar-refractivity contribution in [3.63, 3.8) is 0 Å². The van der Waals surface area contributed by atoms with Crippen molar-refractivity contribution in [2.75, 3.05) is 5.32 Å². The summed E-state index contributed by atoms with van der Waals surface area (Å²) in [5.41, 5.74) is 2.22. The molecular weight excluding hydrogens is 420 g/mol. The molecule has 0 aromatic heterocycles. The molecule has 0 aliphatic rings. The first-order valence-electron chi connectivity index (χ1n) is 10.5. The summed E-state index contributed by atoms with van der Waals surface area (Å²) < 4.78 is 5.59. The van der Waals surface area contributed by atoms with Crippen LogP contribution in [-0.2, 0) is 14.9 Å². The Labute approximate surface area is 192 Å². The molecule has 0 heterocycles. The SMILES string of the molecule is Cc1ccc(NC(=O)[C@@H](OC(=O)c2ccc(C(C)(C)C)cc2)c2ccccc2)c([N+](=O)[O-])c1. The molecule has 0 unspecified atom stereocenters. The summed E-state index contributed by atoms with van der Waals surface area (Å²) in [6, 6.07) is 20.0. The Morgan fingerprint density at radius 1 is 0.970 bits per heavy atom. The van der Waals surface area contributed by atoms with Crippen LogP contribution in [0.4, 0.5) is 11.4 Å². The van der Waals surface area contributed by atoms with Gasteiger partial charge in [-0.25, -0.2) is 4.79 Å². The molecule has 3 aromatic rings. The second-order valence-corrected chi connectivity index (χ2v) is 8.79. The number of nitro benzene ring substituents is 1. The molecule has 170 valence electrons. The molecule has 0 aliphatic carbocycles. The average molecular weight is 447 g/mol. The van der Waals surface area contributed by atoms with Crippen LogP contribution >= 0.6 is 0 Å². The Bertz CT molecular complexity index is 1170. The number of benzene rings is 3. The van der Waals surface area contributed by atoms with Crippen molar-refractivity contribution in [1.29, 1.82) is 0 Å². The highest BCUT2D eigenvalue weighted by Crippen LogP contribution is 2.28. The van der Waals surface area contributed by atoms with Gasteiger partial charge in [0.25, 0.3) is 11.6 Å². The van der Waals surface area contributed by atoms with Crippen LogP contribution in [0.2, 0.25) is 0 Å². The Kier molecular flexibility index (Phi) is 6.92. The van der Waals surface area contributed by atoms with E-state index in [1.807, 2.05) is 12.1 Å². The van der Waals surface area contributed by atoms with Gasteiger partial charge in [0.05, 0.1) is 10.5 Å². The maximum Gasteiger partial charge on any atom is 0.339 e. The van der Waals surface area contributed by atoms with Crippen LogP contribution in [0, 0.1) is 17.0 Å². The van der Waals surface area contributed by atoms with Gasteiger partial charge in [0, 0.05) is 11.6 Å². The van der Waals surface area contributed by atoms with E-state index in [-0.39, 0.29) is 16.8 Å². The lowest BCUT2D eigenvalue weighted by molar-refractivity contribution is -0.384. The van der Waals surface area contributed by atoms with E-state index < -0.39 is 22.9 Å². The predicted octanol–water partition coefficient (Wildman–Crippen LogP) is 5.74. The number of esters is 1. The number of nitrogens with zero attached hydrogens (tertiary/aromatic N) is 1. The zero-order valence-corrected chi connectivity index (χ0v) is 19.0. The van der Waals surface area contributed by atoms with E-state index in [1.165, 1.54) is 12.1 Å². The van der Waals surface area contributed by atoms with Gasteiger partial charge < -0.3 is 10.1 Å². The topological polar surface area (TPSA) is 98.5 Å². The molecule has 0 fully saturated rings. The van der Waals surface area contributed by atoms with Gasteiger partial charge in [0.1, 0.15) is 5.69 Å². The van der Waals surface area contributed by atoms with Crippen molar-refractivity contribution in [1.82, 2.24) is 0 Å². The fourth-order valence-corrected chi connectivity index (χ4v) is 3.28. The summed E-state index contributed by atoms with van der Waals surface area (Å²) in [7, 11) is 0. The molecule has 0 radical (unpaired) electrons. The number of hydrogen-bond donors (Lipinski definition) is 1. The smallest absolute Gasteiger partial charge is 0.339 e. The van der Waals surface area contributed by atoms with Crippen LogP contribution in [0.3, 0.4) is 0 Å². The summed E-state index contributed by atoms with van der Waals surface area (Å²) in [5.74, 6) is -1.36. The molecule has 0 saturated carbocycles. The van der Waals surface area contributed by atoms with Gasteiger partial charge in [0.15, 0.2) is 0 Å². The van der Waals surface area contributed by atoms with E-state index >= 15 is 0 Å². The van der Waals surface area contributed by atoms with Crippen molar-refractivity contribution in [2.24, 2.45) is 0 Å². The number of anilines is 1. The lowest BCUT2D eigenvalue weighted by Gasteiger charge is -2.20. The summed E-state index contributed by atoms with van der Waals surface area (Å²) in [6.07, 6.45) is -1.29. The van der Waals surface area contributed by atoms with Gasteiger partial charge in [-0.1, -0.05) is 69.3 Å². The van der Waals surface area contributed by atoms with Crippen molar-refractivity contribution < 1.29 is 19.2 Å². The maximum atomic E-state index is 13.1. The van der Waals surface area contributed by atoms with Crippen molar-refractivity contribution in [2.45, 2.75) is 39.2 Å². The molecule has 0 bridgehead atoms. The predicted molar refractivity (Wildman–Crippen MR) is 126 cm³/mol. The molecular formula is C26H26N2O5. The minimum absolute atomic E-state index is 0.0297. The van der Waals surface area contributed by atoms with Gasteiger partial charge in [0.2, 0.25) is 6.10 Å². The summed E-state index contributed by atoms with van der Waals surface area (Å²) in [4.78, 5) is 36.8. The van der Waals surface area contributed by atoms with Crippen molar-refractivity contribution in [3.05, 3.63) is 105 Å². The number of ether oxygens (including phenoxy) is 1. The molecule has 33 heavy (non-hydrogen) atoms. The first-order chi connectivity index (χ1) is 15.6. The van der Waals surface area contributed by atoms with Crippen LogP contribution in [0.15, 0.2) is 72.8 Å². The molecule has 1 amide bonds. The number of carbonyl (C=O) groups is 2. The molecule has 1 atom stereocenters. The molecule has 7 nitrogen and oxygen atoms in total. The fraction of sp³-hybridized carbons (Fsp3) is 0.231. The van der Waals surface area contributed by atoms with E-state index in [2.05, 4.69) is 26.1 Å². The molecule has 3 aromatic carbocycles. The molecule has 0 spiro atoms. The Morgan fingerprint density at radius 2 is 1.61 bits per heavy atom. The number of amides is 1. The van der Waals surface area contributed by atoms with Crippen LogP contribution in [0.5, 0.6) is 0 Å². The zero-order chi connectivity index (χ0) is 24.2. The summed E-state index contributed by atoms with van der Waals surface area (Å²) in [5, 5.41) is 14.0. The standard InChI is InChI=1S/C26H26N2O5/c1-17-10-15-21(22(16-17)28(31)32)27-24(29)23(18-8-6-5-7-9-18)33-25(30)19-11-13-20(14-12-19)26(2,3)4/h5-16,23H,1-4H3,(H,27,29)/t23-/m0/s1. The van der Waals surface area contributed by atoms with E-state index in [1.54, 1.807) is 55.5 Å². The number of nitro groups is 1. The normalized spacial score (nSPS) is 12.0. The third-order valence-corrected chi connectivity index (χ3v) is 5.16. The largest absolute Gasteiger partial charge is 0.444 e. The number of nitrogens with one attached hydrogen (secondary N) is 1. The van der Waals surface area contributed by atoms with E-state index in [0.29, 0.717) is 16.7 Å². The lowest BCUT2D eigenvalue weighted by atomic mass is 9.87. The van der Waals surface area contributed by atoms with Crippen LogP contribution in [0.1, 0.15) is 53.9 Å². The van der Waals surface area contributed by atoms with Crippen LogP contribution in [-0.4, -0.2) is 16.8 Å². The number of hydrogen-bond acceptors (Lipinski definition) is 5. The average Bonchev–Trinajstić information content (AvgIpc) is 2.78. The second kappa shape index (κ2) is 9.65. The van der Waals surface area contributed by atoms with E-state index in [0.717, 1.165) is 5.56 Å². The van der Waals surface area contributed by atoms with Crippen molar-refractivity contribution >= 4 is 23.3 Å². The lowest BCUT2D eigenvalue weighted by Crippen LogP contribution is -2.26. The Morgan fingerprint density at radius 3 is 2.18 bits per heavy atom. The number of carbonyl (C=O) groups excluding carboxylic acids is 2. The zero-order valence-electron chi connectivity index (χ0n) is 19.0. The number of aryl methyl sites for hydroxylation is 1. The quantitative estimate of drug-likeness (QED) is 0.296. The van der Waals surface area contributed by atoms with E-state index in [4.69, 9.17) is 4.74 Å². The minimum Gasteiger partial charge on any atom is -0.444 e. The summed E-state index contributed by atoms with van der Waals surface area (Å²) in [6.45, 7) is 7.93. The minimum atomic E-state index is -1.29. The summed E-state index contributed by atoms with van der Waals surface area (Å²) >= 11 is 0. The van der Waals surface area contributed by atoms with Gasteiger partial charge in [-0.05, 0) is 41.7 Å². The third-order valence-electron chi connectivity index (χ3n) is 5.16. The van der Waals surface area contributed by atoms with E-state index in [9.17, 15) is 19.7 Å². The Hall–Kier alpha value is -4.00. The highest BCUT2D eigenvalue weighted by molar-refractivity contribution is 5.99. The van der Waals surface area contributed by atoms with Gasteiger partial charge in [-0.2, -0.15) is 0 Å². The number of rotatable bonds is 6. The molecule has 3 rings (SSSR count). The maximum absolute atomic E-state index is 13.1. The highest BCUT2D eigenvalue weighted by Gasteiger charge is 2.28. The van der Waals surface area contributed by atoms with Gasteiger partial charge >= 0.3 is 5.97 Å². The first-order valence-corrected chi connectivity index (χ1v) is 10.5. The highest BCUT2D eigenvalue weighted by atomic mass is 16.6. The molecule has 7 heteroatoms. The monoisotopic (exact) mass is 446 g/mol. The molecule has 0 saturated heterocycles. The first kappa shape index (κ1) is 23.7. The fourth-order valence-electron chi connectivity index (χ4n) is 3.28. The van der Waals surface area contributed by atoms with Crippen LogP contribution < -0.4 is 5.32 Å². The van der Waals surface area contributed by atoms with Gasteiger partial charge in [-0.15, -0.1) is 0 Å². The third kappa shape index (κ3) is 5.83.